The summed E-state index contributed by atoms with van der Waals surface area (Å²) in [6.07, 6.45) is 1.95. The van der Waals surface area contributed by atoms with Crippen LogP contribution in [0.3, 0.4) is 0 Å². The molecule has 0 spiro atoms. The normalized spacial score (nSPS) is 28.1. The molecule has 94 valence electrons. The highest BCUT2D eigenvalue weighted by atomic mass is 32.2. The molecule has 16 heavy (non-hydrogen) atoms. The third-order valence-electron chi connectivity index (χ3n) is 3.27. The van der Waals surface area contributed by atoms with Gasteiger partial charge in [0.25, 0.3) is 0 Å². The molecule has 0 aromatic heterocycles. The first-order valence-corrected chi connectivity index (χ1v) is 7.42. The summed E-state index contributed by atoms with van der Waals surface area (Å²) in [6.45, 7) is 4.50. The van der Waals surface area contributed by atoms with Gasteiger partial charge in [0.1, 0.15) is 5.25 Å². The Morgan fingerprint density at radius 1 is 1.56 bits per heavy atom. The average Bonchev–Trinajstić information content (AvgIpc) is 2.56. The van der Waals surface area contributed by atoms with Crippen LogP contribution < -0.4 is 5.73 Å². The fourth-order valence-electron chi connectivity index (χ4n) is 2.04. The first kappa shape index (κ1) is 13.4. The second kappa shape index (κ2) is 4.71. The zero-order chi connectivity index (χ0) is 12.5. The largest absolute Gasteiger partial charge is 0.339 e. The quantitative estimate of drug-likeness (QED) is 0.738. The number of carbonyl (C=O) groups excluding carboxylic acids is 1. The zero-order valence-electron chi connectivity index (χ0n) is 10.0. The molecule has 2 N–H and O–H groups in total. The topological polar surface area (TPSA) is 80.5 Å². The summed E-state index contributed by atoms with van der Waals surface area (Å²) >= 11 is 0. The monoisotopic (exact) mass is 248 g/mol. The molecule has 0 radical (unpaired) electrons. The summed E-state index contributed by atoms with van der Waals surface area (Å²) in [5.74, 6) is -0.00309. The maximum absolute atomic E-state index is 12.0. The standard InChI is InChI=1S/C10H20N2O3S/c1-7-4-9(5-11)6-12(7)10(13)8(2)16(3,14)15/h7-9H,4-6,11H2,1-3H3. The Balaban J connectivity index is 2.76. The van der Waals surface area contributed by atoms with Gasteiger partial charge in [0.05, 0.1) is 0 Å². The molecule has 0 aromatic rings. The van der Waals surface area contributed by atoms with Crippen LogP contribution in [0.4, 0.5) is 0 Å². The van der Waals surface area contributed by atoms with Gasteiger partial charge in [0, 0.05) is 18.8 Å². The number of carbonyl (C=O) groups is 1. The van der Waals surface area contributed by atoms with Gasteiger partial charge in [-0.05, 0) is 32.7 Å². The van der Waals surface area contributed by atoms with Crippen molar-refractivity contribution in [1.29, 1.82) is 0 Å². The molecule has 6 heteroatoms. The van der Waals surface area contributed by atoms with E-state index in [0.717, 1.165) is 12.7 Å². The lowest BCUT2D eigenvalue weighted by atomic mass is 10.1. The molecule has 1 amide bonds. The van der Waals surface area contributed by atoms with Crippen molar-refractivity contribution in [3.8, 4) is 0 Å². The maximum Gasteiger partial charge on any atom is 0.240 e. The minimum atomic E-state index is -3.31. The van der Waals surface area contributed by atoms with Gasteiger partial charge in [0.15, 0.2) is 9.84 Å². The van der Waals surface area contributed by atoms with Crippen molar-refractivity contribution in [3.63, 3.8) is 0 Å². The summed E-state index contributed by atoms with van der Waals surface area (Å²) in [5, 5.41) is -0.952. The van der Waals surface area contributed by atoms with Crippen molar-refractivity contribution in [2.45, 2.75) is 31.6 Å². The van der Waals surface area contributed by atoms with Crippen LogP contribution in [0.5, 0.6) is 0 Å². The van der Waals surface area contributed by atoms with Gasteiger partial charge in [-0.1, -0.05) is 0 Å². The third-order valence-corrected chi connectivity index (χ3v) is 4.75. The summed E-state index contributed by atoms with van der Waals surface area (Å²) in [4.78, 5) is 13.6. The summed E-state index contributed by atoms with van der Waals surface area (Å²) < 4.78 is 22.6. The van der Waals surface area contributed by atoms with E-state index in [-0.39, 0.29) is 11.9 Å². The third kappa shape index (κ3) is 2.74. The number of nitrogens with two attached hydrogens (primary N) is 1. The van der Waals surface area contributed by atoms with Crippen LogP contribution in [0.2, 0.25) is 0 Å². The summed E-state index contributed by atoms with van der Waals surface area (Å²) in [7, 11) is -3.31. The van der Waals surface area contributed by atoms with E-state index in [1.54, 1.807) is 4.90 Å². The Bertz CT molecular complexity index is 366. The minimum absolute atomic E-state index is 0.0882. The Morgan fingerprint density at radius 2 is 2.12 bits per heavy atom. The van der Waals surface area contributed by atoms with Crippen molar-refractivity contribution < 1.29 is 13.2 Å². The first-order chi connectivity index (χ1) is 7.27. The van der Waals surface area contributed by atoms with E-state index in [2.05, 4.69) is 0 Å². The molecule has 1 fully saturated rings. The molecule has 1 saturated heterocycles. The molecule has 3 atom stereocenters. The molecule has 0 saturated carbocycles. The lowest BCUT2D eigenvalue weighted by Crippen LogP contribution is -2.43. The Kier molecular flexibility index (Phi) is 3.96. The highest BCUT2D eigenvalue weighted by Crippen LogP contribution is 2.23. The molecule has 1 aliphatic heterocycles. The molecule has 1 heterocycles. The SMILES string of the molecule is CC1CC(CN)CN1C(=O)C(C)S(C)(=O)=O. The molecule has 1 rings (SSSR count). The fourth-order valence-corrected chi connectivity index (χ4v) is 2.54. The minimum Gasteiger partial charge on any atom is -0.339 e. The molecular weight excluding hydrogens is 228 g/mol. The molecule has 1 aliphatic rings. The smallest absolute Gasteiger partial charge is 0.240 e. The lowest BCUT2D eigenvalue weighted by molar-refractivity contribution is -0.131. The van der Waals surface area contributed by atoms with Crippen LogP contribution >= 0.6 is 0 Å². The van der Waals surface area contributed by atoms with Gasteiger partial charge in [0.2, 0.25) is 5.91 Å². The highest BCUT2D eigenvalue weighted by Gasteiger charge is 2.36. The predicted octanol–water partition coefficient (Wildman–Crippen LogP) is -0.385. The van der Waals surface area contributed by atoms with Crippen LogP contribution in [-0.4, -0.2) is 49.9 Å². The number of rotatable bonds is 3. The average molecular weight is 248 g/mol. The van der Waals surface area contributed by atoms with Crippen molar-refractivity contribution in [2.75, 3.05) is 19.3 Å². The van der Waals surface area contributed by atoms with Gasteiger partial charge in [-0.2, -0.15) is 0 Å². The number of amides is 1. The highest BCUT2D eigenvalue weighted by molar-refractivity contribution is 7.92. The molecule has 3 unspecified atom stereocenters. The van der Waals surface area contributed by atoms with Crippen LogP contribution in [0.15, 0.2) is 0 Å². The molecule has 0 bridgehead atoms. The van der Waals surface area contributed by atoms with Crippen molar-refractivity contribution >= 4 is 15.7 Å². The van der Waals surface area contributed by atoms with E-state index in [9.17, 15) is 13.2 Å². The Labute approximate surface area is 96.9 Å². The number of hydrogen-bond donors (Lipinski definition) is 1. The predicted molar refractivity (Wildman–Crippen MR) is 62.6 cm³/mol. The number of nitrogens with zero attached hydrogens (tertiary/aromatic N) is 1. The van der Waals surface area contributed by atoms with Crippen LogP contribution in [-0.2, 0) is 14.6 Å². The summed E-state index contributed by atoms with van der Waals surface area (Å²) in [5.41, 5.74) is 5.56. The van der Waals surface area contributed by atoms with Gasteiger partial charge in [-0.3, -0.25) is 4.79 Å². The van der Waals surface area contributed by atoms with Gasteiger partial charge in [-0.25, -0.2) is 8.42 Å². The zero-order valence-corrected chi connectivity index (χ0v) is 10.8. The molecule has 5 nitrogen and oxygen atoms in total. The van der Waals surface area contributed by atoms with E-state index in [0.29, 0.717) is 19.0 Å². The lowest BCUT2D eigenvalue weighted by Gasteiger charge is -2.24. The number of sulfone groups is 1. The van der Waals surface area contributed by atoms with Crippen molar-refractivity contribution in [2.24, 2.45) is 11.7 Å². The van der Waals surface area contributed by atoms with E-state index >= 15 is 0 Å². The number of hydrogen-bond acceptors (Lipinski definition) is 4. The molecular formula is C10H20N2O3S. The Hall–Kier alpha value is -0.620. The fraction of sp³-hybridized carbons (Fsp3) is 0.900. The second-order valence-corrected chi connectivity index (χ2v) is 7.01. The van der Waals surface area contributed by atoms with Crippen LogP contribution in [0, 0.1) is 5.92 Å². The van der Waals surface area contributed by atoms with E-state index in [1.807, 2.05) is 6.92 Å². The van der Waals surface area contributed by atoms with Gasteiger partial charge in [-0.15, -0.1) is 0 Å². The molecule has 0 aromatic carbocycles. The van der Waals surface area contributed by atoms with Crippen molar-refractivity contribution in [3.05, 3.63) is 0 Å². The molecule has 0 aliphatic carbocycles. The van der Waals surface area contributed by atoms with Crippen LogP contribution in [0.1, 0.15) is 20.3 Å². The summed E-state index contributed by atoms with van der Waals surface area (Å²) in [6, 6.07) is 0.0882. The maximum atomic E-state index is 12.0. The van der Waals surface area contributed by atoms with Crippen LogP contribution in [0.25, 0.3) is 0 Å². The van der Waals surface area contributed by atoms with E-state index in [1.165, 1.54) is 6.92 Å². The van der Waals surface area contributed by atoms with Crippen molar-refractivity contribution in [1.82, 2.24) is 4.90 Å². The van der Waals surface area contributed by atoms with E-state index in [4.69, 9.17) is 5.73 Å². The van der Waals surface area contributed by atoms with E-state index < -0.39 is 15.1 Å². The second-order valence-electron chi connectivity index (χ2n) is 4.65. The number of likely N-dealkylation sites (tertiary alicyclic amines) is 1. The first-order valence-electron chi connectivity index (χ1n) is 5.46. The Morgan fingerprint density at radius 3 is 2.50 bits per heavy atom. The van der Waals surface area contributed by atoms with Gasteiger partial charge >= 0.3 is 0 Å². The van der Waals surface area contributed by atoms with Gasteiger partial charge < -0.3 is 10.6 Å².